The van der Waals surface area contributed by atoms with Crippen LogP contribution >= 0.6 is 0 Å². The Morgan fingerprint density at radius 3 is 1.06 bits per heavy atom. The van der Waals surface area contributed by atoms with Crippen molar-refractivity contribution in [3.8, 4) is 0 Å². The first-order valence-corrected chi connectivity index (χ1v) is 7.53. The second kappa shape index (κ2) is 8.94. The highest BCUT2D eigenvalue weighted by molar-refractivity contribution is 6.52. The van der Waals surface area contributed by atoms with Crippen molar-refractivity contribution >= 4 is 9.05 Å². The maximum absolute atomic E-state index is 5.09. The largest absolute Gasteiger partial charge is 0.764 e. The molecule has 0 aromatic carbocycles. The number of hydrogen-bond acceptors (Lipinski definition) is 7. The third kappa shape index (κ3) is 8.11. The third-order valence-electron chi connectivity index (χ3n) is 1.28. The Morgan fingerprint density at radius 1 is 0.611 bits per heavy atom. The van der Waals surface area contributed by atoms with Crippen LogP contribution in [-0.2, 0) is 32.8 Å². The van der Waals surface area contributed by atoms with Crippen molar-refractivity contribution in [3.63, 3.8) is 0 Å². The predicted molar refractivity (Wildman–Crippen MR) is 64.7 cm³/mol. The summed E-state index contributed by atoms with van der Waals surface area (Å²) in [5.41, 5.74) is 0. The summed E-state index contributed by atoms with van der Waals surface area (Å²) in [5.74, 6) is 0. The van der Waals surface area contributed by atoms with E-state index in [-0.39, 0.29) is 18.3 Å². The molecule has 0 saturated heterocycles. The maximum atomic E-state index is 5.09. The van der Waals surface area contributed by atoms with Gasteiger partial charge in [-0.05, 0) is 41.5 Å². The first-order chi connectivity index (χ1) is 8.31. The molecule has 0 heterocycles. The molecule has 0 atom stereocenters. The highest BCUT2D eigenvalue weighted by Crippen LogP contribution is 2.15. The first kappa shape index (κ1) is 17.9. The molecule has 7 nitrogen and oxygen atoms in total. The highest BCUT2D eigenvalue weighted by atomic mass is 28.4. The van der Waals surface area contributed by atoms with Gasteiger partial charge in [-0.2, -0.15) is 13.7 Å². The second-order valence-corrected chi connectivity index (χ2v) is 6.30. The molecule has 0 saturated carbocycles. The van der Waals surface area contributed by atoms with Gasteiger partial charge in [-0.15, -0.1) is 0 Å². The lowest BCUT2D eigenvalue weighted by Crippen LogP contribution is -2.49. The molecule has 18 heavy (non-hydrogen) atoms. The Morgan fingerprint density at radius 2 is 0.889 bits per heavy atom. The van der Waals surface area contributed by atoms with Crippen LogP contribution in [0.1, 0.15) is 41.5 Å². The van der Waals surface area contributed by atoms with E-state index >= 15 is 0 Å². The van der Waals surface area contributed by atoms with Gasteiger partial charge < -0.3 is 4.43 Å². The van der Waals surface area contributed by atoms with Crippen LogP contribution in [0.15, 0.2) is 0 Å². The van der Waals surface area contributed by atoms with E-state index in [0.717, 1.165) is 0 Å². The minimum atomic E-state index is -3.62. The van der Waals surface area contributed by atoms with Gasteiger partial charge in [-0.25, -0.2) is 14.7 Å². The van der Waals surface area contributed by atoms with Gasteiger partial charge >= 0.3 is 9.05 Å². The van der Waals surface area contributed by atoms with Crippen LogP contribution in [0, 0.1) is 0 Å². The van der Waals surface area contributed by atoms with E-state index in [0.29, 0.717) is 0 Å². The van der Waals surface area contributed by atoms with E-state index in [4.69, 9.17) is 32.8 Å². The van der Waals surface area contributed by atoms with Crippen LogP contribution in [0.2, 0.25) is 0 Å². The van der Waals surface area contributed by atoms with Gasteiger partial charge in [-0.1, -0.05) is 0 Å². The van der Waals surface area contributed by atoms with Crippen molar-refractivity contribution in [1.29, 1.82) is 0 Å². The molecule has 8 heteroatoms. The van der Waals surface area contributed by atoms with E-state index in [1.165, 1.54) is 7.11 Å². The van der Waals surface area contributed by atoms with Gasteiger partial charge in [0.25, 0.3) is 0 Å². The van der Waals surface area contributed by atoms with Gasteiger partial charge in [0.1, 0.15) is 0 Å². The zero-order valence-electron chi connectivity index (χ0n) is 12.1. The van der Waals surface area contributed by atoms with Crippen molar-refractivity contribution < 1.29 is 32.8 Å². The molecular formula is C10H24O7Si. The third-order valence-corrected chi connectivity index (χ3v) is 2.68. The molecule has 0 amide bonds. The maximum Gasteiger partial charge on any atom is 0.764 e. The summed E-state index contributed by atoms with van der Waals surface area (Å²) in [6, 6.07) is 0. The normalized spacial score (nSPS) is 13.0. The molecule has 0 aromatic heterocycles. The molecule has 0 fully saturated rings. The summed E-state index contributed by atoms with van der Waals surface area (Å²) in [6.07, 6.45) is -0.549. The summed E-state index contributed by atoms with van der Waals surface area (Å²) in [6.45, 7) is 10.8. The SMILES string of the molecule is CO[Si](OOC(C)C)(OOC(C)C)OOC(C)C. The summed E-state index contributed by atoms with van der Waals surface area (Å²) in [4.78, 5) is 15.0. The van der Waals surface area contributed by atoms with Gasteiger partial charge in [0.2, 0.25) is 0 Å². The fraction of sp³-hybridized carbons (Fsp3) is 1.00. The Labute approximate surface area is 109 Å². The molecule has 0 spiro atoms. The molecule has 0 N–H and O–H groups in total. The zero-order valence-corrected chi connectivity index (χ0v) is 13.1. The Bertz CT molecular complexity index is 179. The molecule has 0 aliphatic heterocycles. The fourth-order valence-corrected chi connectivity index (χ4v) is 1.83. The summed E-state index contributed by atoms with van der Waals surface area (Å²) >= 11 is 0. The summed E-state index contributed by atoms with van der Waals surface area (Å²) in [7, 11) is -2.26. The van der Waals surface area contributed by atoms with Gasteiger partial charge in [0.05, 0.1) is 18.3 Å². The van der Waals surface area contributed by atoms with Crippen LogP contribution in [0.25, 0.3) is 0 Å². The van der Waals surface area contributed by atoms with Crippen LogP contribution in [-0.4, -0.2) is 34.5 Å². The van der Waals surface area contributed by atoms with E-state index in [2.05, 4.69) is 0 Å². The van der Waals surface area contributed by atoms with Gasteiger partial charge in [0.15, 0.2) is 0 Å². The molecule has 110 valence electrons. The first-order valence-electron chi connectivity index (χ1n) is 5.90. The zero-order chi connectivity index (χ0) is 14.2. The van der Waals surface area contributed by atoms with E-state index in [9.17, 15) is 0 Å². The average Bonchev–Trinajstić information content (AvgIpc) is 2.28. The molecule has 0 radical (unpaired) electrons. The van der Waals surface area contributed by atoms with Gasteiger partial charge in [0, 0.05) is 7.11 Å². The summed E-state index contributed by atoms with van der Waals surface area (Å²) in [5, 5.41) is 0. The number of hydrogen-bond donors (Lipinski definition) is 0. The predicted octanol–water partition coefficient (Wildman–Crippen LogP) is 2.14. The van der Waals surface area contributed by atoms with E-state index in [1.54, 1.807) is 41.5 Å². The summed E-state index contributed by atoms with van der Waals surface area (Å²) < 4.78 is 20.3. The van der Waals surface area contributed by atoms with Crippen molar-refractivity contribution in [1.82, 2.24) is 0 Å². The molecule has 0 aromatic rings. The smallest absolute Gasteiger partial charge is 0.351 e. The lowest BCUT2D eigenvalue weighted by molar-refractivity contribution is -0.404. The van der Waals surface area contributed by atoms with Crippen LogP contribution in [0.3, 0.4) is 0 Å². The Balaban J connectivity index is 4.49. The fourth-order valence-electron chi connectivity index (χ4n) is 0.609. The van der Waals surface area contributed by atoms with Crippen LogP contribution in [0.4, 0.5) is 0 Å². The number of rotatable bonds is 10. The Kier molecular flexibility index (Phi) is 8.91. The van der Waals surface area contributed by atoms with Crippen molar-refractivity contribution in [2.75, 3.05) is 7.11 Å². The van der Waals surface area contributed by atoms with Gasteiger partial charge in [-0.3, -0.25) is 0 Å². The standard InChI is InChI=1S/C10H24O7Si/c1-8(2)12-15-18(11-7,16-13-9(3)4)17-14-10(5)6/h8-10H,1-7H3. The lowest BCUT2D eigenvalue weighted by atomic mass is 10.5. The lowest BCUT2D eigenvalue weighted by Gasteiger charge is -2.25. The molecule has 0 aliphatic rings. The van der Waals surface area contributed by atoms with Crippen LogP contribution in [0.5, 0.6) is 0 Å². The molecule has 0 bridgehead atoms. The quantitative estimate of drug-likeness (QED) is 0.346. The molecular weight excluding hydrogens is 260 g/mol. The van der Waals surface area contributed by atoms with Crippen molar-refractivity contribution in [2.45, 2.75) is 59.9 Å². The monoisotopic (exact) mass is 284 g/mol. The van der Waals surface area contributed by atoms with Crippen molar-refractivity contribution in [2.24, 2.45) is 0 Å². The van der Waals surface area contributed by atoms with E-state index in [1.807, 2.05) is 0 Å². The Hall–Kier alpha value is -0.0631. The van der Waals surface area contributed by atoms with Crippen LogP contribution < -0.4 is 0 Å². The molecule has 0 aliphatic carbocycles. The topological polar surface area (TPSA) is 64.6 Å². The average molecular weight is 284 g/mol. The second-order valence-electron chi connectivity index (χ2n) is 4.39. The molecule has 0 unspecified atom stereocenters. The minimum absolute atomic E-state index is 0.183. The van der Waals surface area contributed by atoms with E-state index < -0.39 is 9.05 Å². The highest BCUT2D eigenvalue weighted by Gasteiger charge is 2.52. The van der Waals surface area contributed by atoms with Crippen molar-refractivity contribution in [3.05, 3.63) is 0 Å². The minimum Gasteiger partial charge on any atom is -0.351 e. The molecule has 0 rings (SSSR count).